The van der Waals surface area contributed by atoms with Gasteiger partial charge in [0.15, 0.2) is 0 Å². The second-order valence-corrected chi connectivity index (χ2v) is 6.94. The highest BCUT2D eigenvalue weighted by Crippen LogP contribution is 2.27. The number of anilines is 1. The van der Waals surface area contributed by atoms with Crippen LogP contribution in [0.25, 0.3) is 11.4 Å². The van der Waals surface area contributed by atoms with E-state index in [0.29, 0.717) is 27.3 Å². The van der Waals surface area contributed by atoms with Crippen LogP contribution in [-0.2, 0) is 4.79 Å². The monoisotopic (exact) mass is 400 g/mol. The summed E-state index contributed by atoms with van der Waals surface area (Å²) in [6.45, 7) is 1.82. The summed E-state index contributed by atoms with van der Waals surface area (Å²) in [5.41, 5.74) is 2.11. The molecule has 3 aromatic rings. The fourth-order valence-corrected chi connectivity index (χ4v) is 3.34. The lowest BCUT2D eigenvalue weighted by atomic mass is 10.2. The molecule has 2 heterocycles. The lowest BCUT2D eigenvalue weighted by molar-refractivity contribution is -0.113. The van der Waals surface area contributed by atoms with Crippen molar-refractivity contribution in [3.8, 4) is 17.1 Å². The number of aryl methyl sites for hydroxylation is 1. The van der Waals surface area contributed by atoms with Crippen LogP contribution in [0.5, 0.6) is 5.75 Å². The molecule has 0 radical (unpaired) electrons. The van der Waals surface area contributed by atoms with Gasteiger partial charge in [-0.2, -0.15) is 0 Å². The lowest BCUT2D eigenvalue weighted by Crippen LogP contribution is -2.14. The molecular weight excluding hydrogens is 384 g/mol. The van der Waals surface area contributed by atoms with Gasteiger partial charge in [0.05, 0.1) is 29.3 Å². The van der Waals surface area contributed by atoms with Gasteiger partial charge in [0.25, 0.3) is 0 Å². The molecule has 1 N–H and O–H groups in total. The second kappa shape index (κ2) is 8.83. The Labute approximate surface area is 166 Å². The minimum atomic E-state index is -0.156. The second-order valence-electron chi connectivity index (χ2n) is 5.54. The van der Waals surface area contributed by atoms with Gasteiger partial charge >= 0.3 is 0 Å². The molecule has 1 aromatic carbocycles. The van der Waals surface area contributed by atoms with Crippen LogP contribution in [0.15, 0.2) is 53.7 Å². The standard InChI is InChI=1S/C19H17ClN4O2S/c1-12-22-16(15-5-3-4-8-21-15)10-19(23-12)27-11-18(25)24-13-6-7-17(26-2)14(20)9-13/h3-10H,11H2,1-2H3,(H,24,25). The Balaban J connectivity index is 1.65. The van der Waals surface area contributed by atoms with Crippen molar-refractivity contribution in [1.82, 2.24) is 15.0 Å². The van der Waals surface area contributed by atoms with Crippen LogP contribution in [0.1, 0.15) is 5.82 Å². The van der Waals surface area contributed by atoms with Gasteiger partial charge in [-0.05, 0) is 43.3 Å². The minimum Gasteiger partial charge on any atom is -0.495 e. The van der Waals surface area contributed by atoms with Gasteiger partial charge in [-0.3, -0.25) is 9.78 Å². The lowest BCUT2D eigenvalue weighted by Gasteiger charge is -2.08. The topological polar surface area (TPSA) is 77.0 Å². The van der Waals surface area contributed by atoms with E-state index < -0.39 is 0 Å². The third-order valence-electron chi connectivity index (χ3n) is 3.53. The van der Waals surface area contributed by atoms with Crippen LogP contribution < -0.4 is 10.1 Å². The zero-order valence-corrected chi connectivity index (χ0v) is 16.3. The summed E-state index contributed by atoms with van der Waals surface area (Å²) in [4.78, 5) is 25.3. The Morgan fingerprint density at radius 3 is 2.74 bits per heavy atom. The smallest absolute Gasteiger partial charge is 0.234 e. The first-order valence-electron chi connectivity index (χ1n) is 8.08. The molecule has 0 saturated carbocycles. The molecule has 0 atom stereocenters. The Bertz CT molecular complexity index is 954. The van der Waals surface area contributed by atoms with E-state index in [4.69, 9.17) is 16.3 Å². The maximum Gasteiger partial charge on any atom is 0.234 e. The van der Waals surface area contributed by atoms with Gasteiger partial charge in [-0.1, -0.05) is 29.4 Å². The fraction of sp³-hybridized carbons (Fsp3) is 0.158. The number of halogens is 1. The Hall–Kier alpha value is -2.64. The van der Waals surface area contributed by atoms with Crippen molar-refractivity contribution in [2.75, 3.05) is 18.2 Å². The number of hydrogen-bond acceptors (Lipinski definition) is 6. The first kappa shape index (κ1) is 19.1. The predicted molar refractivity (Wildman–Crippen MR) is 107 cm³/mol. The van der Waals surface area contributed by atoms with E-state index in [1.807, 2.05) is 31.2 Å². The molecule has 0 aliphatic heterocycles. The first-order chi connectivity index (χ1) is 13.0. The Kier molecular flexibility index (Phi) is 6.26. The van der Waals surface area contributed by atoms with E-state index in [1.165, 1.54) is 11.8 Å². The molecule has 6 nitrogen and oxygen atoms in total. The van der Waals surface area contributed by atoms with Crippen molar-refractivity contribution < 1.29 is 9.53 Å². The summed E-state index contributed by atoms with van der Waals surface area (Å²) in [6, 6.07) is 12.6. The van der Waals surface area contributed by atoms with Gasteiger partial charge in [0.2, 0.25) is 5.91 Å². The van der Waals surface area contributed by atoms with Crippen molar-refractivity contribution in [3.63, 3.8) is 0 Å². The molecule has 0 aliphatic carbocycles. The first-order valence-corrected chi connectivity index (χ1v) is 9.45. The molecule has 2 aromatic heterocycles. The van der Waals surface area contributed by atoms with Crippen LogP contribution in [0.2, 0.25) is 5.02 Å². The third kappa shape index (κ3) is 5.18. The van der Waals surface area contributed by atoms with E-state index in [1.54, 1.807) is 31.5 Å². The summed E-state index contributed by atoms with van der Waals surface area (Å²) in [5.74, 6) is 1.24. The molecule has 0 bridgehead atoms. The number of carbonyl (C=O) groups excluding carboxylic acids is 1. The third-order valence-corrected chi connectivity index (χ3v) is 4.74. The minimum absolute atomic E-state index is 0.156. The van der Waals surface area contributed by atoms with Crippen LogP contribution in [0.3, 0.4) is 0 Å². The number of pyridine rings is 1. The molecule has 0 spiro atoms. The van der Waals surface area contributed by atoms with E-state index in [0.717, 1.165) is 11.4 Å². The molecule has 27 heavy (non-hydrogen) atoms. The summed E-state index contributed by atoms with van der Waals surface area (Å²) >= 11 is 7.41. The van der Waals surface area contributed by atoms with Crippen molar-refractivity contribution in [3.05, 3.63) is 59.5 Å². The number of hydrogen-bond donors (Lipinski definition) is 1. The molecule has 1 amide bonds. The number of benzene rings is 1. The number of nitrogens with zero attached hydrogens (tertiary/aromatic N) is 3. The average Bonchev–Trinajstić information content (AvgIpc) is 2.67. The van der Waals surface area contributed by atoms with Crippen molar-refractivity contribution in [2.45, 2.75) is 11.9 Å². The molecule has 0 unspecified atom stereocenters. The Morgan fingerprint density at radius 1 is 1.19 bits per heavy atom. The summed E-state index contributed by atoms with van der Waals surface area (Å²) in [5, 5.41) is 3.96. The Morgan fingerprint density at radius 2 is 2.04 bits per heavy atom. The molecule has 8 heteroatoms. The maximum absolute atomic E-state index is 12.2. The summed E-state index contributed by atoms with van der Waals surface area (Å²) in [7, 11) is 1.54. The number of ether oxygens (including phenoxy) is 1. The highest BCUT2D eigenvalue weighted by atomic mass is 35.5. The van der Waals surface area contributed by atoms with Crippen molar-refractivity contribution >= 4 is 35.0 Å². The largest absolute Gasteiger partial charge is 0.495 e. The van der Waals surface area contributed by atoms with Gasteiger partial charge in [-0.15, -0.1) is 0 Å². The maximum atomic E-state index is 12.2. The molecule has 0 fully saturated rings. The highest BCUT2D eigenvalue weighted by molar-refractivity contribution is 7.99. The average molecular weight is 401 g/mol. The number of rotatable bonds is 6. The van der Waals surface area contributed by atoms with Gasteiger partial charge in [-0.25, -0.2) is 9.97 Å². The number of aromatic nitrogens is 3. The normalized spacial score (nSPS) is 10.5. The number of methoxy groups -OCH3 is 1. The van der Waals surface area contributed by atoms with Crippen LogP contribution >= 0.6 is 23.4 Å². The molecule has 0 aliphatic rings. The summed E-state index contributed by atoms with van der Waals surface area (Å²) < 4.78 is 5.10. The highest BCUT2D eigenvalue weighted by Gasteiger charge is 2.10. The van der Waals surface area contributed by atoms with Crippen molar-refractivity contribution in [2.24, 2.45) is 0 Å². The fourth-order valence-electron chi connectivity index (χ4n) is 2.34. The van der Waals surface area contributed by atoms with Crippen LogP contribution in [0, 0.1) is 6.92 Å². The van der Waals surface area contributed by atoms with E-state index in [9.17, 15) is 4.79 Å². The van der Waals surface area contributed by atoms with E-state index in [2.05, 4.69) is 20.3 Å². The molecular formula is C19H17ClN4O2S. The van der Waals surface area contributed by atoms with E-state index in [-0.39, 0.29) is 11.7 Å². The summed E-state index contributed by atoms with van der Waals surface area (Å²) in [6.07, 6.45) is 1.72. The van der Waals surface area contributed by atoms with Crippen molar-refractivity contribution in [1.29, 1.82) is 0 Å². The van der Waals surface area contributed by atoms with Gasteiger partial charge in [0, 0.05) is 11.9 Å². The van der Waals surface area contributed by atoms with Gasteiger partial charge in [0.1, 0.15) is 16.6 Å². The quantitative estimate of drug-likeness (QED) is 0.492. The molecule has 3 rings (SSSR count). The zero-order valence-electron chi connectivity index (χ0n) is 14.8. The number of nitrogens with one attached hydrogen (secondary N) is 1. The predicted octanol–water partition coefficient (Wildman–Crippen LogP) is 4.24. The zero-order chi connectivity index (χ0) is 19.2. The number of thioether (sulfide) groups is 1. The number of amides is 1. The van der Waals surface area contributed by atoms with Crippen LogP contribution in [-0.4, -0.2) is 33.7 Å². The number of carbonyl (C=O) groups is 1. The SMILES string of the molecule is COc1ccc(NC(=O)CSc2cc(-c3ccccn3)nc(C)n2)cc1Cl. The molecule has 138 valence electrons. The van der Waals surface area contributed by atoms with Gasteiger partial charge < -0.3 is 10.1 Å². The molecule has 0 saturated heterocycles. The van der Waals surface area contributed by atoms with Crippen LogP contribution in [0.4, 0.5) is 5.69 Å². The van der Waals surface area contributed by atoms with E-state index >= 15 is 0 Å².